The first-order valence-corrected chi connectivity index (χ1v) is 8.33. The van der Waals surface area contributed by atoms with Crippen LogP contribution in [-0.2, 0) is 11.3 Å². The van der Waals surface area contributed by atoms with Gasteiger partial charge in [0.05, 0.1) is 0 Å². The summed E-state index contributed by atoms with van der Waals surface area (Å²) in [5.41, 5.74) is 0.994. The van der Waals surface area contributed by atoms with Crippen LogP contribution in [0.5, 0.6) is 5.88 Å². The summed E-state index contributed by atoms with van der Waals surface area (Å²) in [5, 5.41) is 5.57. The molecular weight excluding hydrogens is 363 g/mol. The molecule has 0 aliphatic heterocycles. The molecule has 0 bridgehead atoms. The summed E-state index contributed by atoms with van der Waals surface area (Å²) in [4.78, 5) is 32.0. The highest BCUT2D eigenvalue weighted by molar-refractivity contribution is 6.31. The molecule has 136 valence electrons. The summed E-state index contributed by atoms with van der Waals surface area (Å²) in [6.07, 6.45) is 4.67. The monoisotopic (exact) mass is 378 g/mol. The van der Waals surface area contributed by atoms with Gasteiger partial charge in [0.25, 0.3) is 5.91 Å². The lowest BCUT2D eigenvalue weighted by atomic mass is 10.2. The molecule has 2 aromatic heterocycles. The third-order valence-electron chi connectivity index (χ3n) is 3.73. The first-order chi connectivity index (χ1) is 12.6. The summed E-state index contributed by atoms with van der Waals surface area (Å²) >= 11 is 5.92. The lowest BCUT2D eigenvalue weighted by Gasteiger charge is -2.09. The van der Waals surface area contributed by atoms with Crippen LogP contribution in [0.2, 0.25) is 5.02 Å². The summed E-state index contributed by atoms with van der Waals surface area (Å²) in [6, 6.07) is 4.60. The number of anilines is 1. The zero-order chi connectivity index (χ0) is 18.5. The van der Waals surface area contributed by atoms with Crippen molar-refractivity contribution in [2.45, 2.75) is 19.4 Å². The topological polar surface area (TPSA) is 93.2 Å². The van der Waals surface area contributed by atoms with Gasteiger partial charge in [0.2, 0.25) is 18.6 Å². The smallest absolute Gasteiger partial charge is 0.251 e. The van der Waals surface area contributed by atoms with Gasteiger partial charge in [-0.25, -0.2) is 14.4 Å². The van der Waals surface area contributed by atoms with Gasteiger partial charge in [-0.1, -0.05) is 11.6 Å². The maximum atomic E-state index is 12.3. The first-order valence-electron chi connectivity index (χ1n) is 7.95. The van der Waals surface area contributed by atoms with Crippen LogP contribution < -0.4 is 15.4 Å². The SMILES string of the molecule is O=C(NCc1cnc(OCF)c(Cl)c1)c1ccnc(NC(=O)C2CC2)c1. The molecule has 0 spiro atoms. The molecular formula is C17H16ClFN4O3. The molecule has 1 saturated carbocycles. The molecule has 1 aliphatic carbocycles. The minimum Gasteiger partial charge on any atom is -0.445 e. The second kappa shape index (κ2) is 8.09. The lowest BCUT2D eigenvalue weighted by Crippen LogP contribution is -2.23. The van der Waals surface area contributed by atoms with Gasteiger partial charge < -0.3 is 15.4 Å². The Morgan fingerprint density at radius 3 is 2.81 bits per heavy atom. The highest BCUT2D eigenvalue weighted by atomic mass is 35.5. The minimum absolute atomic E-state index is 0.00516. The molecule has 0 radical (unpaired) electrons. The zero-order valence-corrected chi connectivity index (χ0v) is 14.4. The van der Waals surface area contributed by atoms with Crippen LogP contribution in [0.25, 0.3) is 0 Å². The van der Waals surface area contributed by atoms with Gasteiger partial charge in [0.1, 0.15) is 10.8 Å². The van der Waals surface area contributed by atoms with Crippen molar-refractivity contribution in [3.8, 4) is 5.88 Å². The summed E-state index contributed by atoms with van der Waals surface area (Å²) < 4.78 is 16.8. The molecule has 7 nitrogen and oxygen atoms in total. The molecule has 2 N–H and O–H groups in total. The van der Waals surface area contributed by atoms with Gasteiger partial charge in [-0.05, 0) is 36.6 Å². The van der Waals surface area contributed by atoms with Crippen LogP contribution in [0, 0.1) is 5.92 Å². The number of rotatable bonds is 7. The van der Waals surface area contributed by atoms with E-state index in [0.29, 0.717) is 16.9 Å². The van der Waals surface area contributed by atoms with Crippen molar-refractivity contribution < 1.29 is 18.7 Å². The largest absolute Gasteiger partial charge is 0.445 e. The van der Waals surface area contributed by atoms with E-state index in [2.05, 4.69) is 25.3 Å². The van der Waals surface area contributed by atoms with Crippen LogP contribution in [0.15, 0.2) is 30.6 Å². The fourth-order valence-electron chi connectivity index (χ4n) is 2.22. The number of hydrogen-bond donors (Lipinski definition) is 2. The van der Waals surface area contributed by atoms with Crippen LogP contribution in [0.4, 0.5) is 10.2 Å². The van der Waals surface area contributed by atoms with Crippen molar-refractivity contribution in [3.05, 3.63) is 46.7 Å². The third-order valence-corrected chi connectivity index (χ3v) is 4.00. The Morgan fingerprint density at radius 1 is 1.31 bits per heavy atom. The molecule has 0 unspecified atom stereocenters. The van der Waals surface area contributed by atoms with E-state index in [1.165, 1.54) is 24.5 Å². The van der Waals surface area contributed by atoms with Gasteiger partial charge in [-0.3, -0.25) is 9.59 Å². The Hall–Kier alpha value is -2.74. The van der Waals surface area contributed by atoms with E-state index in [0.717, 1.165) is 12.8 Å². The molecule has 0 aromatic carbocycles. The first kappa shape index (κ1) is 18.1. The number of carbonyl (C=O) groups is 2. The normalized spacial score (nSPS) is 13.2. The van der Waals surface area contributed by atoms with E-state index in [-0.39, 0.29) is 35.2 Å². The number of carbonyl (C=O) groups excluding carboxylic acids is 2. The average molecular weight is 379 g/mol. The highest BCUT2D eigenvalue weighted by Gasteiger charge is 2.29. The van der Waals surface area contributed by atoms with Crippen molar-refractivity contribution in [2.75, 3.05) is 12.2 Å². The van der Waals surface area contributed by atoms with Crippen LogP contribution >= 0.6 is 11.6 Å². The van der Waals surface area contributed by atoms with Crippen molar-refractivity contribution in [1.82, 2.24) is 15.3 Å². The standard InChI is InChI=1S/C17H16ClFN4O3/c18-13-5-10(8-22-17(13)26-9-19)7-21-15(24)12-3-4-20-14(6-12)23-16(25)11-1-2-11/h3-6,8,11H,1-2,7,9H2,(H,21,24)(H,20,23,25). The Labute approximate surface area is 153 Å². The maximum absolute atomic E-state index is 12.3. The van der Waals surface area contributed by atoms with E-state index in [1.54, 1.807) is 6.07 Å². The van der Waals surface area contributed by atoms with Gasteiger partial charge in [-0.15, -0.1) is 0 Å². The van der Waals surface area contributed by atoms with Crippen molar-refractivity contribution in [1.29, 1.82) is 0 Å². The molecule has 1 aliphatic rings. The van der Waals surface area contributed by atoms with Gasteiger partial charge in [0, 0.05) is 30.4 Å². The number of amides is 2. The van der Waals surface area contributed by atoms with Gasteiger partial charge in [-0.2, -0.15) is 0 Å². The molecule has 2 heterocycles. The molecule has 0 saturated heterocycles. The molecule has 3 rings (SSSR count). The predicted molar refractivity (Wildman–Crippen MR) is 92.6 cm³/mol. The molecule has 26 heavy (non-hydrogen) atoms. The average Bonchev–Trinajstić information content (AvgIpc) is 3.47. The van der Waals surface area contributed by atoms with Crippen LogP contribution in [0.3, 0.4) is 0 Å². The number of nitrogens with zero attached hydrogens (tertiary/aromatic N) is 2. The van der Waals surface area contributed by atoms with Crippen molar-refractivity contribution in [2.24, 2.45) is 5.92 Å². The molecule has 9 heteroatoms. The molecule has 1 fully saturated rings. The number of nitrogens with one attached hydrogen (secondary N) is 2. The van der Waals surface area contributed by atoms with Crippen LogP contribution in [0.1, 0.15) is 28.8 Å². The zero-order valence-electron chi connectivity index (χ0n) is 13.7. The maximum Gasteiger partial charge on any atom is 0.251 e. The van der Waals surface area contributed by atoms with E-state index in [1.807, 2.05) is 0 Å². The summed E-state index contributed by atoms with van der Waals surface area (Å²) in [7, 11) is 0. The molecule has 0 atom stereocenters. The van der Waals surface area contributed by atoms with Crippen molar-refractivity contribution in [3.63, 3.8) is 0 Å². The Balaban J connectivity index is 1.59. The van der Waals surface area contributed by atoms with E-state index < -0.39 is 6.86 Å². The fraction of sp³-hybridized carbons (Fsp3) is 0.294. The van der Waals surface area contributed by atoms with E-state index >= 15 is 0 Å². The number of aromatic nitrogens is 2. The third kappa shape index (κ3) is 4.66. The predicted octanol–water partition coefficient (Wildman–Crippen LogP) is 2.71. The number of pyridine rings is 2. The van der Waals surface area contributed by atoms with E-state index in [4.69, 9.17) is 11.6 Å². The Kier molecular flexibility index (Phi) is 5.62. The lowest BCUT2D eigenvalue weighted by molar-refractivity contribution is -0.117. The second-order valence-corrected chi connectivity index (χ2v) is 6.17. The number of hydrogen-bond acceptors (Lipinski definition) is 5. The quantitative estimate of drug-likeness (QED) is 0.772. The van der Waals surface area contributed by atoms with E-state index in [9.17, 15) is 14.0 Å². The Morgan fingerprint density at radius 2 is 2.12 bits per heavy atom. The number of alkyl halides is 1. The second-order valence-electron chi connectivity index (χ2n) is 5.76. The number of ether oxygens (including phenoxy) is 1. The minimum atomic E-state index is -1.02. The van der Waals surface area contributed by atoms with Crippen molar-refractivity contribution >= 4 is 29.2 Å². The highest BCUT2D eigenvalue weighted by Crippen LogP contribution is 2.30. The summed E-state index contributed by atoms with van der Waals surface area (Å²) in [6.45, 7) is -0.849. The van der Waals surface area contributed by atoms with Gasteiger partial charge in [0.15, 0.2) is 0 Å². The molecule has 2 aromatic rings. The Bertz CT molecular complexity index is 829. The number of halogens is 2. The van der Waals surface area contributed by atoms with Crippen LogP contribution in [-0.4, -0.2) is 28.6 Å². The van der Waals surface area contributed by atoms with Gasteiger partial charge >= 0.3 is 0 Å². The molecule has 2 amide bonds. The fourth-order valence-corrected chi connectivity index (χ4v) is 2.46. The summed E-state index contributed by atoms with van der Waals surface area (Å²) in [5.74, 6) is -0.0295.